The molecule has 2 aromatic carbocycles. The second-order valence-electron chi connectivity index (χ2n) is 6.83. The monoisotopic (exact) mass is 487 g/mol. The molecular formula is C21H15F6N3O2S. The highest BCUT2D eigenvalue weighted by molar-refractivity contribution is 7.80. The molecule has 0 radical (unpaired) electrons. The largest absolute Gasteiger partial charge is 0.459 e. The Morgan fingerprint density at radius 2 is 1.52 bits per heavy atom. The van der Waals surface area contributed by atoms with Crippen LogP contribution in [0.3, 0.4) is 0 Å². The molecule has 3 aromatic rings. The van der Waals surface area contributed by atoms with Crippen LogP contribution >= 0.6 is 12.2 Å². The molecule has 4 N–H and O–H groups in total. The molecule has 33 heavy (non-hydrogen) atoms. The molecule has 1 aromatic heterocycles. The number of anilines is 1. The van der Waals surface area contributed by atoms with Crippen LogP contribution < -0.4 is 16.4 Å². The molecule has 174 valence electrons. The highest BCUT2D eigenvalue weighted by atomic mass is 32.1. The van der Waals surface area contributed by atoms with Gasteiger partial charge < -0.3 is 20.8 Å². The van der Waals surface area contributed by atoms with Crippen molar-refractivity contribution in [3.63, 3.8) is 0 Å². The highest BCUT2D eigenvalue weighted by Gasteiger charge is 2.37. The first kappa shape index (κ1) is 24.1. The summed E-state index contributed by atoms with van der Waals surface area (Å²) in [7, 11) is 0. The minimum atomic E-state index is -4.96. The summed E-state index contributed by atoms with van der Waals surface area (Å²) in [6.07, 6.45) is -8.59. The fourth-order valence-corrected chi connectivity index (χ4v) is 3.10. The molecule has 0 spiro atoms. The summed E-state index contributed by atoms with van der Waals surface area (Å²) in [6.45, 7) is 0.130. The summed E-state index contributed by atoms with van der Waals surface area (Å²) in [6, 6.07) is 9.45. The van der Waals surface area contributed by atoms with E-state index in [1.54, 1.807) is 30.3 Å². The van der Waals surface area contributed by atoms with Crippen molar-refractivity contribution in [2.45, 2.75) is 18.9 Å². The molecule has 3 rings (SSSR count). The van der Waals surface area contributed by atoms with Crippen LogP contribution in [0.2, 0.25) is 0 Å². The number of thiocarbonyl (C=S) groups is 1. The Labute approximate surface area is 188 Å². The zero-order chi connectivity index (χ0) is 24.4. The molecule has 0 fully saturated rings. The minimum Gasteiger partial charge on any atom is -0.459 e. The summed E-state index contributed by atoms with van der Waals surface area (Å²) >= 11 is 5.00. The van der Waals surface area contributed by atoms with Gasteiger partial charge in [-0.1, -0.05) is 24.3 Å². The number of carbonyl (C=O) groups is 1. The number of hydrogen-bond donors (Lipinski definition) is 3. The van der Waals surface area contributed by atoms with E-state index in [4.69, 9.17) is 22.4 Å². The topological polar surface area (TPSA) is 80.3 Å². The van der Waals surface area contributed by atoms with Crippen molar-refractivity contribution >= 4 is 28.9 Å². The van der Waals surface area contributed by atoms with Crippen LogP contribution in [0.1, 0.15) is 27.2 Å². The zero-order valence-corrected chi connectivity index (χ0v) is 17.3. The quantitative estimate of drug-likeness (QED) is 0.324. The van der Waals surface area contributed by atoms with Crippen LogP contribution in [0.15, 0.2) is 59.2 Å². The van der Waals surface area contributed by atoms with E-state index in [-0.39, 0.29) is 23.5 Å². The number of nitrogens with two attached hydrogens (primary N) is 1. The molecule has 1 amide bonds. The smallest absolute Gasteiger partial charge is 0.416 e. The number of furan rings is 1. The molecule has 0 saturated carbocycles. The highest BCUT2D eigenvalue weighted by Crippen LogP contribution is 2.37. The molecule has 0 aliphatic rings. The van der Waals surface area contributed by atoms with Crippen molar-refractivity contribution in [2.24, 2.45) is 5.73 Å². The lowest BCUT2D eigenvalue weighted by atomic mass is 10.0. The van der Waals surface area contributed by atoms with Gasteiger partial charge in [-0.25, -0.2) is 0 Å². The zero-order valence-electron chi connectivity index (χ0n) is 16.5. The van der Waals surface area contributed by atoms with E-state index in [0.717, 1.165) is 0 Å². The van der Waals surface area contributed by atoms with Gasteiger partial charge in [-0.05, 0) is 47.6 Å². The lowest BCUT2D eigenvalue weighted by Crippen LogP contribution is -2.28. The summed E-state index contributed by atoms with van der Waals surface area (Å²) in [5, 5.41) is 4.89. The van der Waals surface area contributed by atoms with Crippen LogP contribution in [0.5, 0.6) is 0 Å². The van der Waals surface area contributed by atoms with Crippen molar-refractivity contribution < 1.29 is 35.6 Å². The molecular weight excluding hydrogens is 472 g/mol. The molecule has 0 aliphatic carbocycles. The van der Waals surface area contributed by atoms with Crippen molar-refractivity contribution in [3.8, 4) is 11.1 Å². The molecule has 0 bridgehead atoms. The Kier molecular flexibility index (Phi) is 6.68. The first-order valence-corrected chi connectivity index (χ1v) is 9.56. The van der Waals surface area contributed by atoms with Crippen molar-refractivity contribution in [2.75, 3.05) is 5.32 Å². The predicted octanol–water partition coefficient (Wildman–Crippen LogP) is 5.57. The Hall–Kier alpha value is -3.54. The van der Waals surface area contributed by atoms with Gasteiger partial charge in [0.05, 0.1) is 17.4 Å². The number of carbonyl (C=O) groups excluding carboxylic acids is 1. The average molecular weight is 487 g/mol. The van der Waals surface area contributed by atoms with Crippen LogP contribution in [0.25, 0.3) is 11.1 Å². The number of amides is 1. The number of primary amides is 1. The fraction of sp³-hybridized carbons (Fsp3) is 0.143. The Bertz CT molecular complexity index is 1140. The van der Waals surface area contributed by atoms with Crippen LogP contribution in [0, 0.1) is 0 Å². The van der Waals surface area contributed by atoms with Gasteiger partial charge >= 0.3 is 12.4 Å². The Balaban J connectivity index is 1.68. The number of rotatable bonds is 5. The van der Waals surface area contributed by atoms with Gasteiger partial charge in [0, 0.05) is 17.8 Å². The van der Waals surface area contributed by atoms with Gasteiger partial charge in [0.2, 0.25) is 0 Å². The number of nitrogens with one attached hydrogen (secondary N) is 2. The summed E-state index contributed by atoms with van der Waals surface area (Å²) in [4.78, 5) is 11.4. The number of halogens is 6. The SMILES string of the molecule is NC(=O)c1occc1-c1ccc(CNC(=S)Nc2cc(C(F)(F)F)cc(C(F)(F)F)c2)cc1. The van der Waals surface area contributed by atoms with Gasteiger partial charge in [0.15, 0.2) is 10.9 Å². The second kappa shape index (κ2) is 9.14. The number of hydrogen-bond acceptors (Lipinski definition) is 3. The maximum absolute atomic E-state index is 13.0. The van der Waals surface area contributed by atoms with Gasteiger partial charge in [0.1, 0.15) is 0 Å². The lowest BCUT2D eigenvalue weighted by molar-refractivity contribution is -0.143. The van der Waals surface area contributed by atoms with E-state index in [9.17, 15) is 31.1 Å². The van der Waals surface area contributed by atoms with E-state index in [1.807, 2.05) is 0 Å². The van der Waals surface area contributed by atoms with Crippen LogP contribution in [0.4, 0.5) is 32.0 Å². The predicted molar refractivity (Wildman–Crippen MR) is 112 cm³/mol. The molecule has 12 heteroatoms. The third kappa shape index (κ3) is 6.04. The normalized spacial score (nSPS) is 11.8. The third-order valence-electron chi connectivity index (χ3n) is 4.45. The molecule has 1 heterocycles. The van der Waals surface area contributed by atoms with Gasteiger partial charge in [-0.3, -0.25) is 4.79 Å². The Morgan fingerprint density at radius 3 is 2.03 bits per heavy atom. The van der Waals surface area contributed by atoms with Gasteiger partial charge in [-0.2, -0.15) is 26.3 Å². The standard InChI is InChI=1S/C21H15F6N3O2S/c22-20(23,24)13-7-14(21(25,26)27)9-15(8-13)30-19(33)29-10-11-1-3-12(4-2-11)16-5-6-32-17(16)18(28)31/h1-9H,10H2,(H2,28,31)(H2,29,30,33). The van der Waals surface area contributed by atoms with Crippen molar-refractivity contribution in [3.05, 3.63) is 77.2 Å². The van der Waals surface area contributed by atoms with Crippen molar-refractivity contribution in [1.82, 2.24) is 5.32 Å². The molecule has 0 atom stereocenters. The molecule has 5 nitrogen and oxygen atoms in total. The van der Waals surface area contributed by atoms with Gasteiger partial charge in [0.25, 0.3) is 5.91 Å². The second-order valence-corrected chi connectivity index (χ2v) is 7.24. The Morgan fingerprint density at radius 1 is 0.939 bits per heavy atom. The summed E-state index contributed by atoms with van der Waals surface area (Å²) < 4.78 is 82.9. The van der Waals surface area contributed by atoms with E-state index in [0.29, 0.717) is 28.8 Å². The van der Waals surface area contributed by atoms with E-state index in [1.165, 1.54) is 6.26 Å². The first-order chi connectivity index (χ1) is 15.3. The molecule has 0 aliphatic heterocycles. The van der Waals surface area contributed by atoms with Crippen molar-refractivity contribution in [1.29, 1.82) is 0 Å². The van der Waals surface area contributed by atoms with Crippen LogP contribution in [-0.2, 0) is 18.9 Å². The maximum Gasteiger partial charge on any atom is 0.416 e. The summed E-state index contributed by atoms with van der Waals surface area (Å²) in [5.74, 6) is -0.717. The molecule has 0 saturated heterocycles. The van der Waals surface area contributed by atoms with E-state index < -0.39 is 35.1 Å². The number of alkyl halides is 6. The third-order valence-corrected chi connectivity index (χ3v) is 4.70. The average Bonchev–Trinajstić information content (AvgIpc) is 3.21. The van der Waals surface area contributed by atoms with E-state index in [2.05, 4.69) is 10.6 Å². The maximum atomic E-state index is 13.0. The molecule has 0 unspecified atom stereocenters. The van der Waals surface area contributed by atoms with E-state index >= 15 is 0 Å². The lowest BCUT2D eigenvalue weighted by Gasteiger charge is -2.16. The first-order valence-electron chi connectivity index (χ1n) is 9.15. The number of benzene rings is 2. The summed E-state index contributed by atoms with van der Waals surface area (Å²) in [5.41, 5.74) is 3.75. The van der Waals surface area contributed by atoms with Gasteiger partial charge in [-0.15, -0.1) is 0 Å². The fourth-order valence-electron chi connectivity index (χ4n) is 2.91. The van der Waals surface area contributed by atoms with Crippen LogP contribution in [-0.4, -0.2) is 11.0 Å². The minimum absolute atomic E-state index is 0.00515.